The van der Waals surface area contributed by atoms with Gasteiger partial charge in [0.1, 0.15) is 0 Å². The van der Waals surface area contributed by atoms with E-state index in [2.05, 4.69) is 42.3 Å². The molecule has 1 aromatic carbocycles. The highest BCUT2D eigenvalue weighted by molar-refractivity contribution is 5.85. The summed E-state index contributed by atoms with van der Waals surface area (Å²) in [7, 11) is 0. The standard InChI is InChI=1S/C16H20N2O/c1-10-3-6-15-14(9-10)13(11(2)18-15)7-8-17-16(19)12-4-5-12/h3,6,9,12,18H,4-5,7-8H2,1-2H3,(H,17,19). The molecule has 2 N–H and O–H groups in total. The van der Waals surface area contributed by atoms with E-state index in [0.29, 0.717) is 5.92 Å². The number of benzene rings is 1. The van der Waals surface area contributed by atoms with E-state index in [1.807, 2.05) is 0 Å². The normalized spacial score (nSPS) is 14.8. The van der Waals surface area contributed by atoms with Crippen molar-refractivity contribution < 1.29 is 4.79 Å². The van der Waals surface area contributed by atoms with Crippen LogP contribution in [0.25, 0.3) is 10.9 Å². The summed E-state index contributed by atoms with van der Waals surface area (Å²) in [5.41, 5.74) is 5.00. The molecule has 1 aromatic heterocycles. The summed E-state index contributed by atoms with van der Waals surface area (Å²) in [6.45, 7) is 4.95. The van der Waals surface area contributed by atoms with Gasteiger partial charge in [0.2, 0.25) is 5.91 Å². The van der Waals surface area contributed by atoms with E-state index in [1.54, 1.807) is 0 Å². The lowest BCUT2D eigenvalue weighted by atomic mass is 10.1. The van der Waals surface area contributed by atoms with E-state index in [9.17, 15) is 4.79 Å². The Hall–Kier alpha value is -1.77. The molecule has 2 aromatic rings. The molecule has 1 saturated carbocycles. The van der Waals surface area contributed by atoms with Crippen molar-refractivity contribution in [2.24, 2.45) is 5.92 Å². The van der Waals surface area contributed by atoms with Gasteiger partial charge >= 0.3 is 0 Å². The van der Waals surface area contributed by atoms with E-state index in [-0.39, 0.29) is 5.91 Å². The third kappa shape index (κ3) is 2.50. The highest BCUT2D eigenvalue weighted by Crippen LogP contribution is 2.29. The molecule has 3 nitrogen and oxygen atoms in total. The number of aryl methyl sites for hydroxylation is 2. The summed E-state index contributed by atoms with van der Waals surface area (Å²) >= 11 is 0. The zero-order chi connectivity index (χ0) is 13.4. The number of aromatic nitrogens is 1. The first-order chi connectivity index (χ1) is 9.15. The van der Waals surface area contributed by atoms with Crippen LogP contribution in [0.15, 0.2) is 18.2 Å². The molecule has 1 fully saturated rings. The lowest BCUT2D eigenvalue weighted by molar-refractivity contribution is -0.122. The van der Waals surface area contributed by atoms with Crippen LogP contribution in [-0.4, -0.2) is 17.4 Å². The number of H-pyrrole nitrogens is 1. The van der Waals surface area contributed by atoms with Crippen molar-refractivity contribution in [3.63, 3.8) is 0 Å². The molecule has 0 atom stereocenters. The Bertz CT molecular complexity index is 623. The Labute approximate surface area is 113 Å². The molecule has 0 saturated heterocycles. The van der Waals surface area contributed by atoms with Crippen molar-refractivity contribution in [3.05, 3.63) is 35.0 Å². The molecule has 0 aliphatic heterocycles. The quantitative estimate of drug-likeness (QED) is 0.868. The number of amides is 1. The molecule has 100 valence electrons. The fourth-order valence-electron chi connectivity index (χ4n) is 2.62. The monoisotopic (exact) mass is 256 g/mol. The van der Waals surface area contributed by atoms with Crippen LogP contribution >= 0.6 is 0 Å². The van der Waals surface area contributed by atoms with Crippen LogP contribution in [-0.2, 0) is 11.2 Å². The predicted molar refractivity (Wildman–Crippen MR) is 77.2 cm³/mol. The molecule has 19 heavy (non-hydrogen) atoms. The fraction of sp³-hybridized carbons (Fsp3) is 0.438. The molecule has 0 spiro atoms. The molecule has 0 bridgehead atoms. The number of hydrogen-bond acceptors (Lipinski definition) is 1. The van der Waals surface area contributed by atoms with E-state index >= 15 is 0 Å². The zero-order valence-electron chi connectivity index (χ0n) is 11.5. The number of fused-ring (bicyclic) bond motifs is 1. The number of hydrogen-bond donors (Lipinski definition) is 2. The van der Waals surface area contributed by atoms with Gasteiger partial charge in [0.25, 0.3) is 0 Å². The SMILES string of the molecule is Cc1ccc2[nH]c(C)c(CCNC(=O)C3CC3)c2c1. The molecular weight excluding hydrogens is 236 g/mol. The Morgan fingerprint density at radius 2 is 2.16 bits per heavy atom. The van der Waals surface area contributed by atoms with Crippen LogP contribution in [0.5, 0.6) is 0 Å². The van der Waals surface area contributed by atoms with Crippen molar-refractivity contribution in [3.8, 4) is 0 Å². The smallest absolute Gasteiger partial charge is 0.223 e. The summed E-state index contributed by atoms with van der Waals surface area (Å²) in [4.78, 5) is 15.0. The third-order valence-electron chi connectivity index (χ3n) is 3.90. The first kappa shape index (κ1) is 12.3. The van der Waals surface area contributed by atoms with Crippen LogP contribution in [0.1, 0.15) is 29.7 Å². The lowest BCUT2D eigenvalue weighted by Gasteiger charge is -2.05. The van der Waals surface area contributed by atoms with Crippen molar-refractivity contribution >= 4 is 16.8 Å². The Morgan fingerprint density at radius 3 is 2.89 bits per heavy atom. The van der Waals surface area contributed by atoms with Gasteiger partial charge in [-0.3, -0.25) is 4.79 Å². The maximum absolute atomic E-state index is 11.6. The summed E-state index contributed by atoms with van der Waals surface area (Å²) < 4.78 is 0. The molecule has 1 heterocycles. The fourth-order valence-corrected chi connectivity index (χ4v) is 2.62. The minimum atomic E-state index is 0.230. The minimum absolute atomic E-state index is 0.230. The van der Waals surface area contributed by atoms with Gasteiger partial charge in [0.15, 0.2) is 0 Å². The second-order valence-corrected chi connectivity index (χ2v) is 5.59. The van der Waals surface area contributed by atoms with Gasteiger partial charge in [-0.25, -0.2) is 0 Å². The largest absolute Gasteiger partial charge is 0.358 e. The first-order valence-corrected chi connectivity index (χ1v) is 7.00. The van der Waals surface area contributed by atoms with E-state index in [4.69, 9.17) is 0 Å². The number of carbonyl (C=O) groups is 1. The molecule has 1 aliphatic rings. The van der Waals surface area contributed by atoms with E-state index in [1.165, 1.54) is 27.7 Å². The zero-order valence-corrected chi connectivity index (χ0v) is 11.5. The minimum Gasteiger partial charge on any atom is -0.358 e. The second kappa shape index (κ2) is 4.72. The van der Waals surface area contributed by atoms with E-state index in [0.717, 1.165) is 25.8 Å². The highest BCUT2D eigenvalue weighted by Gasteiger charge is 2.29. The predicted octanol–water partition coefficient (Wildman–Crippen LogP) is 2.85. The maximum Gasteiger partial charge on any atom is 0.223 e. The highest BCUT2D eigenvalue weighted by atomic mass is 16.2. The van der Waals surface area contributed by atoms with Crippen molar-refractivity contribution in [2.75, 3.05) is 6.54 Å². The van der Waals surface area contributed by atoms with Gasteiger partial charge in [-0.2, -0.15) is 0 Å². The Kier molecular flexibility index (Phi) is 3.05. The van der Waals surface area contributed by atoms with Crippen LogP contribution in [0.2, 0.25) is 0 Å². The van der Waals surface area contributed by atoms with Crippen molar-refractivity contribution in [2.45, 2.75) is 33.1 Å². The molecule has 1 amide bonds. The number of carbonyl (C=O) groups excluding carboxylic acids is 1. The first-order valence-electron chi connectivity index (χ1n) is 7.00. The van der Waals surface area contributed by atoms with Crippen LogP contribution in [0.3, 0.4) is 0 Å². The van der Waals surface area contributed by atoms with Gasteiger partial charge in [0.05, 0.1) is 0 Å². The molecule has 3 heteroatoms. The number of aromatic amines is 1. The Morgan fingerprint density at radius 1 is 1.37 bits per heavy atom. The summed E-state index contributed by atoms with van der Waals surface area (Å²) in [6.07, 6.45) is 3.03. The maximum atomic E-state index is 11.6. The van der Waals surface area contributed by atoms with Crippen molar-refractivity contribution in [1.29, 1.82) is 0 Å². The van der Waals surface area contributed by atoms with Crippen LogP contribution in [0.4, 0.5) is 0 Å². The molecule has 0 radical (unpaired) electrons. The average Bonchev–Trinajstić information content (AvgIpc) is 3.17. The van der Waals surface area contributed by atoms with Gasteiger partial charge in [0, 0.05) is 29.1 Å². The number of rotatable bonds is 4. The molecule has 1 aliphatic carbocycles. The van der Waals surface area contributed by atoms with Crippen LogP contribution < -0.4 is 5.32 Å². The third-order valence-corrected chi connectivity index (χ3v) is 3.90. The van der Waals surface area contributed by atoms with Crippen molar-refractivity contribution in [1.82, 2.24) is 10.3 Å². The lowest BCUT2D eigenvalue weighted by Crippen LogP contribution is -2.27. The summed E-state index contributed by atoms with van der Waals surface area (Å²) in [6, 6.07) is 6.47. The topological polar surface area (TPSA) is 44.9 Å². The molecule has 3 rings (SSSR count). The van der Waals surface area contributed by atoms with Gasteiger partial charge in [-0.05, 0) is 50.8 Å². The number of nitrogens with one attached hydrogen (secondary N) is 2. The van der Waals surface area contributed by atoms with E-state index < -0.39 is 0 Å². The van der Waals surface area contributed by atoms with Gasteiger partial charge in [-0.1, -0.05) is 11.6 Å². The summed E-state index contributed by atoms with van der Waals surface area (Å²) in [5, 5.41) is 4.33. The second-order valence-electron chi connectivity index (χ2n) is 5.59. The average molecular weight is 256 g/mol. The van der Waals surface area contributed by atoms with Crippen LogP contribution in [0, 0.1) is 19.8 Å². The molecule has 0 unspecified atom stereocenters. The van der Waals surface area contributed by atoms with Gasteiger partial charge in [-0.15, -0.1) is 0 Å². The van der Waals surface area contributed by atoms with Gasteiger partial charge < -0.3 is 10.3 Å². The summed E-state index contributed by atoms with van der Waals surface area (Å²) in [5.74, 6) is 0.528. The molecular formula is C16H20N2O. The Balaban J connectivity index is 1.74.